The van der Waals surface area contributed by atoms with Crippen LogP contribution in [0.15, 0.2) is 33.7 Å². The Morgan fingerprint density at radius 1 is 1.26 bits per heavy atom. The molecule has 0 aliphatic rings. The van der Waals surface area contributed by atoms with Gasteiger partial charge in [0.2, 0.25) is 11.6 Å². The quantitative estimate of drug-likeness (QED) is 0.353. The average molecular weight is 384 g/mol. The number of nitrogens with zero attached hydrogens (tertiary/aromatic N) is 3. The van der Waals surface area contributed by atoms with Gasteiger partial charge in [-0.3, -0.25) is 14.9 Å². The lowest BCUT2D eigenvalue weighted by Gasteiger charge is -2.08. The van der Waals surface area contributed by atoms with Crippen molar-refractivity contribution in [3.05, 3.63) is 50.4 Å². The summed E-state index contributed by atoms with van der Waals surface area (Å²) in [5.74, 6) is -3.12. The van der Waals surface area contributed by atoms with Gasteiger partial charge in [-0.15, -0.1) is 0 Å². The van der Waals surface area contributed by atoms with E-state index in [1.165, 1.54) is 0 Å². The van der Waals surface area contributed by atoms with Gasteiger partial charge in [0.05, 0.1) is 16.1 Å². The highest BCUT2D eigenvalue weighted by Crippen LogP contribution is 2.39. The van der Waals surface area contributed by atoms with E-state index >= 15 is 0 Å². The van der Waals surface area contributed by atoms with Gasteiger partial charge in [-0.05, 0) is 6.07 Å². The van der Waals surface area contributed by atoms with Crippen molar-refractivity contribution in [1.82, 2.24) is 15.1 Å². The van der Waals surface area contributed by atoms with Crippen molar-refractivity contribution in [3.8, 4) is 34.3 Å². The molecule has 13 heteroatoms. The van der Waals surface area contributed by atoms with Crippen LogP contribution in [-0.2, 0) is 6.18 Å². The minimum atomic E-state index is -4.91. The van der Waals surface area contributed by atoms with E-state index in [1.54, 1.807) is 0 Å². The van der Waals surface area contributed by atoms with E-state index in [0.29, 0.717) is 0 Å². The predicted octanol–water partition coefficient (Wildman–Crippen LogP) is 2.43. The molecule has 27 heavy (non-hydrogen) atoms. The van der Waals surface area contributed by atoms with Gasteiger partial charge in [-0.25, -0.2) is 0 Å². The highest BCUT2D eigenvalue weighted by atomic mass is 19.4. The van der Waals surface area contributed by atoms with E-state index in [-0.39, 0.29) is 5.56 Å². The fourth-order valence-electron chi connectivity index (χ4n) is 2.23. The van der Waals surface area contributed by atoms with Crippen molar-refractivity contribution in [3.63, 3.8) is 0 Å². The number of aromatic hydroxyl groups is 2. The number of H-pyrrole nitrogens is 1. The molecule has 3 aromatic rings. The molecular formula is C14H7F3N4O6. The van der Waals surface area contributed by atoms with Crippen LogP contribution in [0.25, 0.3) is 22.8 Å². The molecular weight excluding hydrogens is 377 g/mol. The smallest absolute Gasteiger partial charge is 0.432 e. The first kappa shape index (κ1) is 17.9. The molecule has 2 aromatic heterocycles. The molecule has 3 rings (SSSR count). The van der Waals surface area contributed by atoms with Crippen LogP contribution in [-0.4, -0.2) is 30.3 Å². The third-order valence-electron chi connectivity index (χ3n) is 3.41. The van der Waals surface area contributed by atoms with Gasteiger partial charge in [0.1, 0.15) is 5.69 Å². The van der Waals surface area contributed by atoms with Crippen LogP contribution in [0.2, 0.25) is 0 Å². The fourth-order valence-corrected chi connectivity index (χ4v) is 2.23. The zero-order chi connectivity index (χ0) is 19.9. The predicted molar refractivity (Wildman–Crippen MR) is 80.8 cm³/mol. The molecule has 0 spiro atoms. The molecule has 0 fully saturated rings. The number of halogens is 3. The SMILES string of the molecule is O=c1cc[nH]c(C(F)(F)F)c1-c1noc(-c2cc(O)c(O)c([N+](=O)[O-])c2)n1. The number of nitrogens with one attached hydrogen (secondary N) is 1. The maximum Gasteiger partial charge on any atom is 0.432 e. The molecule has 0 saturated carbocycles. The van der Waals surface area contributed by atoms with Crippen molar-refractivity contribution in [1.29, 1.82) is 0 Å². The molecule has 0 atom stereocenters. The molecule has 140 valence electrons. The van der Waals surface area contributed by atoms with Gasteiger partial charge < -0.3 is 19.7 Å². The lowest BCUT2D eigenvalue weighted by atomic mass is 10.1. The summed E-state index contributed by atoms with van der Waals surface area (Å²) < 4.78 is 44.0. The highest BCUT2D eigenvalue weighted by Gasteiger charge is 2.37. The number of aromatic amines is 1. The number of phenols is 2. The minimum Gasteiger partial charge on any atom is -0.504 e. The Balaban J connectivity index is 2.16. The topological polar surface area (TPSA) is 155 Å². The number of hydrogen-bond donors (Lipinski definition) is 3. The summed E-state index contributed by atoms with van der Waals surface area (Å²) in [5, 5.41) is 33.2. The molecule has 10 nitrogen and oxygen atoms in total. The van der Waals surface area contributed by atoms with Gasteiger partial charge in [0, 0.05) is 18.3 Å². The maximum absolute atomic E-state index is 13.1. The number of hydrogen-bond acceptors (Lipinski definition) is 8. The molecule has 0 unspecified atom stereocenters. The second kappa shape index (κ2) is 6.12. The molecule has 0 saturated heterocycles. The number of pyridine rings is 1. The first-order chi connectivity index (χ1) is 12.6. The summed E-state index contributed by atoms with van der Waals surface area (Å²) in [6.07, 6.45) is -4.11. The highest BCUT2D eigenvalue weighted by molar-refractivity contribution is 5.69. The molecule has 0 aliphatic heterocycles. The Kier molecular flexibility index (Phi) is 4.06. The first-order valence-electron chi connectivity index (χ1n) is 6.93. The zero-order valence-electron chi connectivity index (χ0n) is 12.8. The molecule has 2 heterocycles. The molecule has 0 aliphatic carbocycles. The summed E-state index contributed by atoms with van der Waals surface area (Å²) in [6, 6.07) is 2.43. The van der Waals surface area contributed by atoms with E-state index in [1.807, 2.05) is 4.98 Å². The largest absolute Gasteiger partial charge is 0.504 e. The standard InChI is InChI=1S/C14H7F3N4O6/c15-14(16,17)11-9(7(22)1-2-18-11)12-19-13(27-20-12)5-3-6(21(25)26)10(24)8(23)4-5/h1-4,23-24H,(H,18,22). The first-order valence-corrected chi connectivity index (χ1v) is 6.93. The molecule has 0 bridgehead atoms. The van der Waals surface area contributed by atoms with E-state index < -0.39 is 56.7 Å². The number of nitro groups is 1. The third-order valence-corrected chi connectivity index (χ3v) is 3.41. The average Bonchev–Trinajstić information content (AvgIpc) is 3.05. The van der Waals surface area contributed by atoms with Crippen LogP contribution in [0.4, 0.5) is 18.9 Å². The second-order valence-electron chi connectivity index (χ2n) is 5.13. The summed E-state index contributed by atoms with van der Waals surface area (Å²) in [7, 11) is 0. The maximum atomic E-state index is 13.1. The van der Waals surface area contributed by atoms with Crippen molar-refractivity contribution in [2.75, 3.05) is 0 Å². The van der Waals surface area contributed by atoms with E-state index in [4.69, 9.17) is 4.52 Å². The molecule has 0 amide bonds. The summed E-state index contributed by atoms with van der Waals surface area (Å²) >= 11 is 0. The van der Waals surface area contributed by atoms with Crippen molar-refractivity contribution >= 4 is 5.69 Å². The number of alkyl halides is 3. The van der Waals surface area contributed by atoms with Crippen molar-refractivity contribution in [2.24, 2.45) is 0 Å². The molecule has 0 radical (unpaired) electrons. The third kappa shape index (κ3) is 3.17. The number of aromatic nitrogens is 3. The Morgan fingerprint density at radius 2 is 1.96 bits per heavy atom. The lowest BCUT2D eigenvalue weighted by Crippen LogP contribution is -2.17. The normalized spacial score (nSPS) is 11.5. The van der Waals surface area contributed by atoms with Crippen LogP contribution in [0.5, 0.6) is 11.5 Å². The van der Waals surface area contributed by atoms with Crippen LogP contribution >= 0.6 is 0 Å². The number of benzene rings is 1. The summed E-state index contributed by atoms with van der Waals surface area (Å²) in [4.78, 5) is 27.3. The molecule has 3 N–H and O–H groups in total. The minimum absolute atomic E-state index is 0.253. The van der Waals surface area contributed by atoms with Crippen LogP contribution < -0.4 is 5.43 Å². The Hall–Kier alpha value is -3.90. The fraction of sp³-hybridized carbons (Fsp3) is 0.0714. The summed E-state index contributed by atoms with van der Waals surface area (Å²) in [5.41, 5.74) is -4.48. The summed E-state index contributed by atoms with van der Waals surface area (Å²) in [6.45, 7) is 0. The Morgan fingerprint density at radius 3 is 2.59 bits per heavy atom. The van der Waals surface area contributed by atoms with Gasteiger partial charge in [0.15, 0.2) is 11.2 Å². The monoisotopic (exact) mass is 384 g/mol. The van der Waals surface area contributed by atoms with Crippen LogP contribution in [0.3, 0.4) is 0 Å². The van der Waals surface area contributed by atoms with Crippen molar-refractivity contribution in [2.45, 2.75) is 6.18 Å². The van der Waals surface area contributed by atoms with E-state index in [9.17, 15) is 38.3 Å². The molecule has 1 aromatic carbocycles. The zero-order valence-corrected chi connectivity index (χ0v) is 12.8. The van der Waals surface area contributed by atoms with Crippen LogP contribution in [0.1, 0.15) is 5.69 Å². The van der Waals surface area contributed by atoms with Crippen LogP contribution in [0, 0.1) is 10.1 Å². The second-order valence-corrected chi connectivity index (χ2v) is 5.13. The van der Waals surface area contributed by atoms with Crippen molar-refractivity contribution < 1.29 is 32.8 Å². The van der Waals surface area contributed by atoms with E-state index in [0.717, 1.165) is 24.4 Å². The van der Waals surface area contributed by atoms with Gasteiger partial charge in [0.25, 0.3) is 5.89 Å². The number of rotatable bonds is 3. The number of phenolic OH excluding ortho intramolecular Hbond substituents is 2. The van der Waals surface area contributed by atoms with Gasteiger partial charge in [-0.1, -0.05) is 5.16 Å². The Bertz CT molecular complexity index is 1100. The van der Waals surface area contributed by atoms with Gasteiger partial charge in [-0.2, -0.15) is 18.2 Å². The lowest BCUT2D eigenvalue weighted by molar-refractivity contribution is -0.385. The Labute approximate surface area is 145 Å². The van der Waals surface area contributed by atoms with Gasteiger partial charge >= 0.3 is 11.9 Å². The number of nitro benzene ring substituents is 1. The van der Waals surface area contributed by atoms with E-state index in [2.05, 4.69) is 10.1 Å².